The molecule has 0 unspecified atom stereocenters. The van der Waals surface area contributed by atoms with Crippen LogP contribution >= 0.6 is 0 Å². The predicted octanol–water partition coefficient (Wildman–Crippen LogP) is 1.02. The zero-order valence-corrected chi connectivity index (χ0v) is 11.9. The lowest BCUT2D eigenvalue weighted by molar-refractivity contribution is -0.140. The van der Waals surface area contributed by atoms with Crippen molar-refractivity contribution in [1.29, 1.82) is 0 Å². The summed E-state index contributed by atoms with van der Waals surface area (Å²) in [6.45, 7) is 6.16. The van der Waals surface area contributed by atoms with Crippen LogP contribution < -0.4 is 5.32 Å². The van der Waals surface area contributed by atoms with E-state index < -0.39 is 23.7 Å². The van der Waals surface area contributed by atoms with E-state index in [9.17, 15) is 9.59 Å². The number of aliphatic carboxylic acids is 1. The van der Waals surface area contributed by atoms with Gasteiger partial charge in [-0.05, 0) is 20.8 Å². The molecule has 0 aliphatic heterocycles. The maximum Gasteiger partial charge on any atom is 0.408 e. The van der Waals surface area contributed by atoms with Crippen molar-refractivity contribution >= 4 is 12.1 Å². The van der Waals surface area contributed by atoms with E-state index in [1.807, 2.05) is 0 Å². The van der Waals surface area contributed by atoms with Gasteiger partial charge in [-0.1, -0.05) is 0 Å². The quantitative estimate of drug-likeness (QED) is 0.643. The summed E-state index contributed by atoms with van der Waals surface area (Å²) in [5.74, 6) is -1.12. The molecular weight excluding hydrogens is 254 g/mol. The van der Waals surface area contributed by atoms with Gasteiger partial charge in [0, 0.05) is 20.1 Å². The van der Waals surface area contributed by atoms with E-state index in [0.29, 0.717) is 13.2 Å². The number of carboxylic acids is 1. The Hall–Kier alpha value is -1.34. The molecule has 0 spiro atoms. The SMILES string of the molecule is COCCOCC[C@H](NC(=O)OC(C)(C)C)C(=O)O. The van der Waals surface area contributed by atoms with Crippen molar-refractivity contribution in [2.45, 2.75) is 38.8 Å². The summed E-state index contributed by atoms with van der Waals surface area (Å²) in [5, 5.41) is 11.3. The number of amides is 1. The van der Waals surface area contributed by atoms with Crippen molar-refractivity contribution in [2.75, 3.05) is 26.9 Å². The molecule has 0 radical (unpaired) electrons. The Kier molecular flexibility index (Phi) is 8.09. The molecule has 1 amide bonds. The van der Waals surface area contributed by atoms with E-state index in [-0.39, 0.29) is 13.0 Å². The van der Waals surface area contributed by atoms with E-state index in [0.717, 1.165) is 0 Å². The van der Waals surface area contributed by atoms with Gasteiger partial charge >= 0.3 is 12.1 Å². The highest BCUT2D eigenvalue weighted by molar-refractivity contribution is 5.79. The molecule has 0 aromatic rings. The van der Waals surface area contributed by atoms with Gasteiger partial charge in [0.05, 0.1) is 13.2 Å². The summed E-state index contributed by atoms with van der Waals surface area (Å²) >= 11 is 0. The van der Waals surface area contributed by atoms with Gasteiger partial charge in [-0.3, -0.25) is 0 Å². The van der Waals surface area contributed by atoms with Crippen LogP contribution in [0.15, 0.2) is 0 Å². The molecular formula is C12H23NO6. The number of carbonyl (C=O) groups is 2. The number of hydrogen-bond acceptors (Lipinski definition) is 5. The molecule has 0 aliphatic rings. The van der Waals surface area contributed by atoms with E-state index in [2.05, 4.69) is 5.32 Å². The maximum atomic E-state index is 11.5. The third-order valence-electron chi connectivity index (χ3n) is 1.97. The minimum Gasteiger partial charge on any atom is -0.480 e. The summed E-state index contributed by atoms with van der Waals surface area (Å²) < 4.78 is 14.9. The van der Waals surface area contributed by atoms with Crippen LogP contribution in [0.4, 0.5) is 4.79 Å². The van der Waals surface area contributed by atoms with Crippen molar-refractivity contribution in [3.8, 4) is 0 Å². The normalized spacial score (nSPS) is 12.8. The first-order chi connectivity index (χ1) is 8.76. The standard InChI is InChI=1S/C12H23NO6/c1-12(2,3)19-11(16)13-9(10(14)15)5-6-18-8-7-17-4/h9H,5-8H2,1-4H3,(H,13,16)(H,14,15)/t9-/m0/s1. The molecule has 0 fully saturated rings. The van der Waals surface area contributed by atoms with Gasteiger partial charge in [0.2, 0.25) is 0 Å². The van der Waals surface area contributed by atoms with E-state index in [4.69, 9.17) is 19.3 Å². The number of alkyl carbamates (subject to hydrolysis) is 1. The Morgan fingerprint density at radius 3 is 2.32 bits per heavy atom. The van der Waals surface area contributed by atoms with Crippen LogP contribution in [0.5, 0.6) is 0 Å². The van der Waals surface area contributed by atoms with E-state index in [1.165, 1.54) is 0 Å². The Morgan fingerprint density at radius 2 is 1.84 bits per heavy atom. The molecule has 2 N–H and O–H groups in total. The lowest BCUT2D eigenvalue weighted by Gasteiger charge is -2.22. The highest BCUT2D eigenvalue weighted by Crippen LogP contribution is 2.07. The third-order valence-corrected chi connectivity index (χ3v) is 1.97. The molecule has 19 heavy (non-hydrogen) atoms. The molecule has 0 bridgehead atoms. The highest BCUT2D eigenvalue weighted by atomic mass is 16.6. The molecule has 1 atom stereocenters. The van der Waals surface area contributed by atoms with Gasteiger partial charge in [0.25, 0.3) is 0 Å². The third kappa shape index (κ3) is 10.3. The largest absolute Gasteiger partial charge is 0.480 e. The molecule has 7 nitrogen and oxygen atoms in total. The number of nitrogens with one attached hydrogen (secondary N) is 1. The Bertz CT molecular complexity index is 286. The van der Waals surface area contributed by atoms with Crippen molar-refractivity contribution < 1.29 is 28.9 Å². The molecule has 0 heterocycles. The zero-order valence-electron chi connectivity index (χ0n) is 11.9. The summed E-state index contributed by atoms with van der Waals surface area (Å²) in [4.78, 5) is 22.4. The smallest absolute Gasteiger partial charge is 0.408 e. The average Bonchev–Trinajstić information content (AvgIpc) is 2.24. The predicted molar refractivity (Wildman–Crippen MR) is 68.1 cm³/mol. The molecule has 0 aromatic carbocycles. The van der Waals surface area contributed by atoms with Crippen LogP contribution in [0, 0.1) is 0 Å². The van der Waals surface area contributed by atoms with Crippen LogP contribution in [0.1, 0.15) is 27.2 Å². The fourth-order valence-electron chi connectivity index (χ4n) is 1.15. The lowest BCUT2D eigenvalue weighted by atomic mass is 10.2. The molecule has 0 aromatic heterocycles. The molecule has 0 rings (SSSR count). The fourth-order valence-corrected chi connectivity index (χ4v) is 1.15. The first-order valence-corrected chi connectivity index (χ1v) is 6.05. The van der Waals surface area contributed by atoms with Crippen LogP contribution in [0.25, 0.3) is 0 Å². The van der Waals surface area contributed by atoms with Crippen LogP contribution in [0.3, 0.4) is 0 Å². The second-order valence-electron chi connectivity index (χ2n) is 4.93. The zero-order chi connectivity index (χ0) is 14.9. The van der Waals surface area contributed by atoms with Crippen molar-refractivity contribution in [3.63, 3.8) is 0 Å². The van der Waals surface area contributed by atoms with Crippen LogP contribution in [-0.2, 0) is 19.0 Å². The Morgan fingerprint density at radius 1 is 1.21 bits per heavy atom. The monoisotopic (exact) mass is 277 g/mol. The number of methoxy groups -OCH3 is 1. The fraction of sp³-hybridized carbons (Fsp3) is 0.833. The molecule has 7 heteroatoms. The highest BCUT2D eigenvalue weighted by Gasteiger charge is 2.23. The minimum absolute atomic E-state index is 0.165. The van der Waals surface area contributed by atoms with Crippen molar-refractivity contribution in [2.24, 2.45) is 0 Å². The molecule has 112 valence electrons. The van der Waals surface area contributed by atoms with Crippen LogP contribution in [0.2, 0.25) is 0 Å². The van der Waals surface area contributed by atoms with Crippen molar-refractivity contribution in [1.82, 2.24) is 5.32 Å². The van der Waals surface area contributed by atoms with Gasteiger partial charge < -0.3 is 24.6 Å². The lowest BCUT2D eigenvalue weighted by Crippen LogP contribution is -2.44. The molecule has 0 saturated heterocycles. The van der Waals surface area contributed by atoms with Gasteiger partial charge in [0.1, 0.15) is 11.6 Å². The van der Waals surface area contributed by atoms with Crippen LogP contribution in [-0.4, -0.2) is 55.7 Å². The van der Waals surface area contributed by atoms with E-state index in [1.54, 1.807) is 27.9 Å². The first-order valence-electron chi connectivity index (χ1n) is 6.05. The topological polar surface area (TPSA) is 94.1 Å². The number of rotatable bonds is 8. The molecule has 0 saturated carbocycles. The Labute approximate surface area is 113 Å². The average molecular weight is 277 g/mol. The molecule has 0 aliphatic carbocycles. The number of carboxylic acid groups (broad SMARTS) is 1. The first kappa shape index (κ1) is 17.7. The number of ether oxygens (including phenoxy) is 3. The van der Waals surface area contributed by atoms with Gasteiger partial charge in [-0.2, -0.15) is 0 Å². The summed E-state index contributed by atoms with van der Waals surface area (Å²) in [7, 11) is 1.55. The van der Waals surface area contributed by atoms with Gasteiger partial charge in [0.15, 0.2) is 0 Å². The number of hydrogen-bond donors (Lipinski definition) is 2. The summed E-state index contributed by atoms with van der Waals surface area (Å²) in [6, 6.07) is -1.03. The summed E-state index contributed by atoms with van der Waals surface area (Å²) in [5.41, 5.74) is -0.665. The second-order valence-corrected chi connectivity index (χ2v) is 4.93. The maximum absolute atomic E-state index is 11.5. The second kappa shape index (κ2) is 8.71. The van der Waals surface area contributed by atoms with Crippen molar-refractivity contribution in [3.05, 3.63) is 0 Å². The Balaban J connectivity index is 4.05. The minimum atomic E-state index is -1.12. The van der Waals surface area contributed by atoms with E-state index >= 15 is 0 Å². The van der Waals surface area contributed by atoms with Gasteiger partial charge in [-0.15, -0.1) is 0 Å². The number of carbonyl (C=O) groups excluding carboxylic acids is 1. The van der Waals surface area contributed by atoms with Gasteiger partial charge in [-0.25, -0.2) is 9.59 Å². The summed E-state index contributed by atoms with van der Waals surface area (Å²) in [6.07, 6.45) is -0.588.